The molecule has 1 aromatic heterocycles. The first-order valence-corrected chi connectivity index (χ1v) is 6.75. The van der Waals surface area contributed by atoms with Gasteiger partial charge in [0.05, 0.1) is 12.2 Å². The summed E-state index contributed by atoms with van der Waals surface area (Å²) in [6.07, 6.45) is 3.28. The van der Waals surface area contributed by atoms with Crippen molar-refractivity contribution < 1.29 is 9.90 Å². The number of anilines is 1. The van der Waals surface area contributed by atoms with Gasteiger partial charge >= 0.3 is 6.09 Å². The number of rotatable bonds is 3. The molecule has 1 aliphatic rings. The second-order valence-electron chi connectivity index (χ2n) is 4.34. The second kappa shape index (κ2) is 6.25. The lowest BCUT2D eigenvalue weighted by atomic mass is 10.0. The first-order chi connectivity index (χ1) is 9.08. The average Bonchev–Trinajstić information content (AvgIpc) is 2.40. The first kappa shape index (κ1) is 14.1. The highest BCUT2D eigenvalue weighted by Gasteiger charge is 2.26. The van der Waals surface area contributed by atoms with Crippen molar-refractivity contribution in [3.8, 4) is 0 Å². The minimum Gasteiger partial charge on any atom is -0.465 e. The van der Waals surface area contributed by atoms with E-state index in [4.69, 9.17) is 28.3 Å². The summed E-state index contributed by atoms with van der Waals surface area (Å²) >= 11 is 11.6. The summed E-state index contributed by atoms with van der Waals surface area (Å²) in [6.45, 7) is 1.03. The van der Waals surface area contributed by atoms with Crippen LogP contribution in [0.1, 0.15) is 19.3 Å². The molecule has 1 amide bonds. The lowest BCUT2D eigenvalue weighted by Gasteiger charge is -2.33. The van der Waals surface area contributed by atoms with Crippen molar-refractivity contribution in [1.82, 2.24) is 14.9 Å². The van der Waals surface area contributed by atoms with Crippen LogP contribution in [-0.4, -0.2) is 45.2 Å². The van der Waals surface area contributed by atoms with Crippen molar-refractivity contribution in [1.29, 1.82) is 0 Å². The van der Waals surface area contributed by atoms with E-state index in [1.54, 1.807) is 0 Å². The zero-order chi connectivity index (χ0) is 13.8. The topological polar surface area (TPSA) is 78.4 Å². The summed E-state index contributed by atoms with van der Waals surface area (Å²) in [5.74, 6) is 0.428. The van der Waals surface area contributed by atoms with Gasteiger partial charge in [0.25, 0.3) is 0 Å². The average molecular weight is 305 g/mol. The van der Waals surface area contributed by atoms with Crippen LogP contribution in [0.25, 0.3) is 0 Å². The van der Waals surface area contributed by atoms with Crippen molar-refractivity contribution in [2.75, 3.05) is 18.4 Å². The molecular weight excluding hydrogens is 291 g/mol. The summed E-state index contributed by atoms with van der Waals surface area (Å²) < 4.78 is 0. The van der Waals surface area contributed by atoms with Crippen LogP contribution in [0, 0.1) is 0 Å². The molecule has 1 saturated heterocycles. The molecule has 0 bridgehead atoms. The van der Waals surface area contributed by atoms with E-state index in [2.05, 4.69) is 15.3 Å². The van der Waals surface area contributed by atoms with E-state index < -0.39 is 6.09 Å². The molecule has 0 unspecified atom stereocenters. The van der Waals surface area contributed by atoms with Gasteiger partial charge < -0.3 is 15.3 Å². The molecule has 0 aliphatic carbocycles. The van der Waals surface area contributed by atoms with Gasteiger partial charge in [0.1, 0.15) is 10.8 Å². The molecule has 8 heteroatoms. The highest BCUT2D eigenvalue weighted by Crippen LogP contribution is 2.21. The number of halogens is 2. The summed E-state index contributed by atoms with van der Waals surface area (Å²) in [5.41, 5.74) is 0. The van der Waals surface area contributed by atoms with E-state index in [9.17, 15) is 4.79 Å². The fourth-order valence-electron chi connectivity index (χ4n) is 2.15. The molecule has 0 aromatic carbocycles. The smallest absolute Gasteiger partial charge is 0.407 e. The molecular formula is C11H14Cl2N4O2. The lowest BCUT2D eigenvalue weighted by Crippen LogP contribution is -2.46. The minimum absolute atomic E-state index is 0.0731. The number of likely N-dealkylation sites (tertiary alicyclic amines) is 1. The lowest BCUT2D eigenvalue weighted by molar-refractivity contribution is 0.110. The molecule has 2 rings (SSSR count). The number of aromatic nitrogens is 2. The number of nitrogens with zero attached hydrogens (tertiary/aromatic N) is 3. The van der Waals surface area contributed by atoms with Crippen LogP contribution in [0.3, 0.4) is 0 Å². The number of nitrogens with one attached hydrogen (secondary N) is 1. The Morgan fingerprint density at radius 3 is 3.05 bits per heavy atom. The van der Waals surface area contributed by atoms with Crippen molar-refractivity contribution in [2.45, 2.75) is 25.3 Å². The van der Waals surface area contributed by atoms with Crippen LogP contribution in [0.2, 0.25) is 10.3 Å². The van der Waals surface area contributed by atoms with Gasteiger partial charge in [0.2, 0.25) is 5.28 Å². The Balaban J connectivity index is 2.00. The van der Waals surface area contributed by atoms with E-state index in [-0.39, 0.29) is 11.3 Å². The molecule has 1 aromatic rings. The molecule has 0 spiro atoms. The standard InChI is InChI=1S/C11H14Cl2N4O2/c12-8-6-15-10(13)16-9(8)14-5-7-3-1-2-4-17(7)11(18)19/h6-7H,1-5H2,(H,18,19)(H,14,15,16)/t7-/m1/s1. The molecule has 6 nitrogen and oxygen atoms in total. The molecule has 19 heavy (non-hydrogen) atoms. The van der Waals surface area contributed by atoms with Crippen LogP contribution in [0.15, 0.2) is 6.20 Å². The van der Waals surface area contributed by atoms with Crippen LogP contribution in [0.4, 0.5) is 10.6 Å². The van der Waals surface area contributed by atoms with Crippen molar-refractivity contribution >= 4 is 35.1 Å². The Kier molecular flexibility index (Phi) is 4.66. The number of amides is 1. The predicted octanol–water partition coefficient (Wildman–Crippen LogP) is 2.73. The van der Waals surface area contributed by atoms with Gasteiger partial charge in [0.15, 0.2) is 0 Å². The summed E-state index contributed by atoms with van der Waals surface area (Å²) in [4.78, 5) is 20.3. The van der Waals surface area contributed by atoms with Gasteiger partial charge in [-0.1, -0.05) is 11.6 Å². The van der Waals surface area contributed by atoms with Crippen LogP contribution >= 0.6 is 23.2 Å². The monoisotopic (exact) mass is 304 g/mol. The fourth-order valence-corrected chi connectivity index (χ4v) is 2.44. The Morgan fingerprint density at radius 1 is 1.53 bits per heavy atom. The molecule has 1 fully saturated rings. The Morgan fingerprint density at radius 2 is 2.32 bits per heavy atom. The maximum absolute atomic E-state index is 11.1. The maximum atomic E-state index is 11.1. The highest BCUT2D eigenvalue weighted by molar-refractivity contribution is 6.33. The molecule has 1 atom stereocenters. The largest absolute Gasteiger partial charge is 0.465 e. The Labute approximate surface area is 120 Å². The van der Waals surface area contributed by atoms with Crippen molar-refractivity contribution in [3.63, 3.8) is 0 Å². The second-order valence-corrected chi connectivity index (χ2v) is 5.09. The Bertz CT molecular complexity index is 472. The van der Waals surface area contributed by atoms with Crippen molar-refractivity contribution in [2.24, 2.45) is 0 Å². The molecule has 0 saturated carbocycles. The van der Waals surface area contributed by atoms with E-state index in [0.717, 1.165) is 19.3 Å². The minimum atomic E-state index is -0.890. The van der Waals surface area contributed by atoms with E-state index in [1.807, 2.05) is 0 Å². The van der Waals surface area contributed by atoms with Gasteiger partial charge in [0, 0.05) is 13.1 Å². The Hall–Kier alpha value is -1.27. The van der Waals surface area contributed by atoms with Crippen molar-refractivity contribution in [3.05, 3.63) is 16.5 Å². The van der Waals surface area contributed by atoms with Gasteiger partial charge in [-0.3, -0.25) is 0 Å². The highest BCUT2D eigenvalue weighted by atomic mass is 35.5. The third-order valence-corrected chi connectivity index (χ3v) is 3.55. The normalized spacial score (nSPS) is 19.3. The first-order valence-electron chi connectivity index (χ1n) is 5.99. The van der Waals surface area contributed by atoms with Gasteiger partial charge in [-0.15, -0.1) is 0 Å². The summed E-state index contributed by atoms with van der Waals surface area (Å²) in [5, 5.41) is 12.6. The number of hydrogen-bond donors (Lipinski definition) is 2. The fraction of sp³-hybridized carbons (Fsp3) is 0.545. The molecule has 0 radical (unpaired) electrons. The third kappa shape index (κ3) is 3.61. The van der Waals surface area contributed by atoms with Crippen LogP contribution < -0.4 is 5.32 Å². The molecule has 2 N–H and O–H groups in total. The zero-order valence-corrected chi connectivity index (χ0v) is 11.7. The molecule has 2 heterocycles. The van der Waals surface area contributed by atoms with Crippen LogP contribution in [0.5, 0.6) is 0 Å². The van der Waals surface area contributed by atoms with Gasteiger partial charge in [-0.2, -0.15) is 4.98 Å². The molecule has 1 aliphatic heterocycles. The summed E-state index contributed by atoms with van der Waals surface area (Å²) in [7, 11) is 0. The number of piperidine rings is 1. The van der Waals surface area contributed by atoms with Gasteiger partial charge in [-0.05, 0) is 30.9 Å². The van der Waals surface area contributed by atoms with Gasteiger partial charge in [-0.25, -0.2) is 9.78 Å². The third-order valence-electron chi connectivity index (χ3n) is 3.09. The van der Waals surface area contributed by atoms with E-state index >= 15 is 0 Å². The molecule has 104 valence electrons. The number of carbonyl (C=O) groups is 1. The zero-order valence-electron chi connectivity index (χ0n) is 10.1. The number of carboxylic acid groups (broad SMARTS) is 1. The van der Waals surface area contributed by atoms with Crippen LogP contribution in [-0.2, 0) is 0 Å². The van der Waals surface area contributed by atoms with E-state index in [1.165, 1.54) is 11.1 Å². The summed E-state index contributed by atoms with van der Waals surface area (Å²) in [6, 6.07) is -0.0731. The quantitative estimate of drug-likeness (QED) is 0.840. The number of hydrogen-bond acceptors (Lipinski definition) is 4. The van der Waals surface area contributed by atoms with E-state index in [0.29, 0.717) is 23.9 Å². The predicted molar refractivity (Wildman–Crippen MR) is 72.9 cm³/mol. The SMILES string of the molecule is O=C(O)N1CCCC[C@@H]1CNc1nc(Cl)ncc1Cl. The maximum Gasteiger partial charge on any atom is 0.407 e.